The number of hydrogen-bond acceptors (Lipinski definition) is 6. The molecule has 1 amide bonds. The molecule has 0 saturated carbocycles. The second-order valence-electron chi connectivity index (χ2n) is 4.37. The Kier molecular flexibility index (Phi) is 4.39. The monoisotopic (exact) mass is 297 g/mol. The molecule has 1 N–H and O–H groups in total. The van der Waals surface area contributed by atoms with Gasteiger partial charge < -0.3 is 19.5 Å². The first-order valence-corrected chi connectivity index (χ1v) is 6.68. The number of nitrogens with one attached hydrogen (secondary N) is 1. The number of anilines is 1. The normalized spacial score (nSPS) is 13.8. The molecule has 6 nitrogen and oxygen atoms in total. The molecule has 0 saturated heterocycles. The van der Waals surface area contributed by atoms with Crippen molar-refractivity contribution in [1.82, 2.24) is 0 Å². The smallest absolute Gasteiger partial charge is 0.308 e. The topological polar surface area (TPSA) is 73.9 Å². The van der Waals surface area contributed by atoms with Crippen LogP contribution in [-0.2, 0) is 9.59 Å². The number of carbonyl (C=O) groups is 2. The van der Waals surface area contributed by atoms with Gasteiger partial charge in [0.2, 0.25) is 12.7 Å². The summed E-state index contributed by atoms with van der Waals surface area (Å²) in [5, 5.41) is 2.70. The van der Waals surface area contributed by atoms with Gasteiger partial charge in [0, 0.05) is 30.7 Å². The Hall–Kier alpha value is -1.89. The molecule has 7 heteroatoms. The van der Waals surface area contributed by atoms with Crippen molar-refractivity contribution in [2.75, 3.05) is 17.9 Å². The van der Waals surface area contributed by atoms with Gasteiger partial charge in [-0.15, -0.1) is 0 Å². The summed E-state index contributed by atoms with van der Waals surface area (Å²) in [7, 11) is 0. The van der Waals surface area contributed by atoms with Crippen molar-refractivity contribution >= 4 is 30.2 Å². The fraction of sp³-hybridized carbons (Fsp3) is 0.385. The van der Waals surface area contributed by atoms with Crippen LogP contribution in [0.5, 0.6) is 17.2 Å². The maximum absolute atomic E-state index is 11.9. The Morgan fingerprint density at radius 2 is 2.05 bits per heavy atom. The molecular weight excluding hydrogens is 282 g/mol. The lowest BCUT2D eigenvalue weighted by molar-refractivity contribution is -0.132. The van der Waals surface area contributed by atoms with Gasteiger partial charge in [0.1, 0.15) is 0 Å². The number of thiol groups is 1. The van der Waals surface area contributed by atoms with E-state index in [-0.39, 0.29) is 24.4 Å². The van der Waals surface area contributed by atoms with E-state index < -0.39 is 5.97 Å². The van der Waals surface area contributed by atoms with Crippen LogP contribution >= 0.6 is 12.6 Å². The summed E-state index contributed by atoms with van der Waals surface area (Å²) in [6, 6.07) is 3.09. The van der Waals surface area contributed by atoms with Crippen molar-refractivity contribution in [3.63, 3.8) is 0 Å². The molecule has 0 unspecified atom stereocenters. The van der Waals surface area contributed by atoms with Gasteiger partial charge in [0.25, 0.3) is 0 Å². The van der Waals surface area contributed by atoms with Gasteiger partial charge in [-0.25, -0.2) is 0 Å². The van der Waals surface area contributed by atoms with Gasteiger partial charge in [-0.2, -0.15) is 12.6 Å². The van der Waals surface area contributed by atoms with Crippen molar-refractivity contribution in [2.45, 2.75) is 13.8 Å². The lowest BCUT2D eigenvalue weighted by Gasteiger charge is -2.13. The Bertz CT molecular complexity index is 546. The summed E-state index contributed by atoms with van der Waals surface area (Å²) in [4.78, 5) is 23.0. The molecule has 108 valence electrons. The van der Waals surface area contributed by atoms with Crippen LogP contribution in [0.15, 0.2) is 12.1 Å². The van der Waals surface area contributed by atoms with E-state index in [2.05, 4.69) is 17.9 Å². The maximum atomic E-state index is 11.9. The SMILES string of the molecule is CC(=O)Oc1cc2c(cc1NC(=O)[C@H](C)CS)OCO2. The van der Waals surface area contributed by atoms with Crippen LogP contribution in [0.1, 0.15) is 13.8 Å². The van der Waals surface area contributed by atoms with Crippen molar-refractivity contribution in [1.29, 1.82) is 0 Å². The van der Waals surface area contributed by atoms with Crippen molar-refractivity contribution in [3.8, 4) is 17.2 Å². The highest BCUT2D eigenvalue weighted by molar-refractivity contribution is 7.80. The average Bonchev–Trinajstić information content (AvgIpc) is 2.84. The summed E-state index contributed by atoms with van der Waals surface area (Å²) >= 11 is 4.08. The van der Waals surface area contributed by atoms with Crippen LogP contribution in [-0.4, -0.2) is 24.4 Å². The van der Waals surface area contributed by atoms with Gasteiger partial charge >= 0.3 is 5.97 Å². The third-order valence-electron chi connectivity index (χ3n) is 2.71. The molecule has 20 heavy (non-hydrogen) atoms. The van der Waals surface area contributed by atoms with Crippen molar-refractivity contribution in [2.24, 2.45) is 5.92 Å². The average molecular weight is 297 g/mol. The minimum Gasteiger partial charge on any atom is -0.454 e. The quantitative estimate of drug-likeness (QED) is 0.504. The Morgan fingerprint density at radius 3 is 2.65 bits per heavy atom. The van der Waals surface area contributed by atoms with Gasteiger partial charge in [0.05, 0.1) is 5.69 Å². The molecule has 1 aliphatic rings. The van der Waals surface area contributed by atoms with Crippen LogP contribution < -0.4 is 19.5 Å². The van der Waals surface area contributed by atoms with E-state index in [1.54, 1.807) is 13.0 Å². The lowest BCUT2D eigenvalue weighted by atomic mass is 10.2. The molecular formula is C13H15NO5S. The second kappa shape index (κ2) is 6.04. The molecule has 0 bridgehead atoms. The summed E-state index contributed by atoms with van der Waals surface area (Å²) in [5.41, 5.74) is 0.364. The largest absolute Gasteiger partial charge is 0.454 e. The number of esters is 1. The van der Waals surface area contributed by atoms with E-state index in [0.717, 1.165) is 0 Å². The van der Waals surface area contributed by atoms with E-state index >= 15 is 0 Å². The number of ether oxygens (including phenoxy) is 3. The van der Waals surface area contributed by atoms with E-state index in [0.29, 0.717) is 22.9 Å². The van der Waals surface area contributed by atoms with Gasteiger partial charge in [-0.1, -0.05) is 6.92 Å². The minimum absolute atomic E-state index is 0.0965. The molecule has 0 fully saturated rings. The Balaban J connectivity index is 2.29. The van der Waals surface area contributed by atoms with E-state index in [1.807, 2.05) is 0 Å². The molecule has 1 heterocycles. The molecule has 0 aromatic heterocycles. The Morgan fingerprint density at radius 1 is 1.40 bits per heavy atom. The molecule has 1 atom stereocenters. The van der Waals surface area contributed by atoms with Crippen LogP contribution in [0.3, 0.4) is 0 Å². The third-order valence-corrected chi connectivity index (χ3v) is 3.26. The number of fused-ring (bicyclic) bond motifs is 1. The number of benzene rings is 1. The van der Waals surface area contributed by atoms with Crippen LogP contribution in [0.25, 0.3) is 0 Å². The Labute approximate surface area is 121 Å². The number of hydrogen-bond donors (Lipinski definition) is 2. The third kappa shape index (κ3) is 3.16. The summed E-state index contributed by atoms with van der Waals surface area (Å²) < 4.78 is 15.5. The predicted molar refractivity (Wildman–Crippen MR) is 75.5 cm³/mol. The number of rotatable bonds is 4. The minimum atomic E-state index is -0.485. The molecule has 1 aliphatic heterocycles. The highest BCUT2D eigenvalue weighted by atomic mass is 32.1. The van der Waals surface area contributed by atoms with E-state index in [9.17, 15) is 9.59 Å². The summed E-state index contributed by atoms with van der Waals surface area (Å²) in [5.74, 6) is 0.639. The maximum Gasteiger partial charge on any atom is 0.308 e. The molecule has 0 radical (unpaired) electrons. The first-order chi connectivity index (χ1) is 9.51. The summed E-state index contributed by atoms with van der Waals surface area (Å²) in [6.45, 7) is 3.13. The van der Waals surface area contributed by atoms with Crippen molar-refractivity contribution < 1.29 is 23.8 Å². The molecule has 2 rings (SSSR count). The molecule has 1 aromatic rings. The van der Waals surface area contributed by atoms with E-state index in [1.165, 1.54) is 13.0 Å². The number of carbonyl (C=O) groups excluding carboxylic acids is 2. The zero-order valence-electron chi connectivity index (χ0n) is 11.1. The van der Waals surface area contributed by atoms with Gasteiger partial charge in [0.15, 0.2) is 17.2 Å². The highest BCUT2D eigenvalue weighted by Gasteiger charge is 2.21. The van der Waals surface area contributed by atoms with Gasteiger partial charge in [-0.05, 0) is 0 Å². The van der Waals surface area contributed by atoms with Gasteiger partial charge in [-0.3, -0.25) is 9.59 Å². The predicted octanol–water partition coefficient (Wildman–Crippen LogP) is 1.84. The standard InChI is InChI=1S/C13H15NO5S/c1-7(5-20)13(16)14-9-3-11-12(18-6-17-11)4-10(9)19-8(2)15/h3-4,7,20H,5-6H2,1-2H3,(H,14,16)/t7-/m1/s1. The number of amides is 1. The van der Waals surface area contributed by atoms with Crippen molar-refractivity contribution in [3.05, 3.63) is 12.1 Å². The first kappa shape index (κ1) is 14.5. The second-order valence-corrected chi connectivity index (χ2v) is 4.73. The zero-order valence-corrected chi connectivity index (χ0v) is 12.0. The molecule has 1 aromatic carbocycles. The fourth-order valence-electron chi connectivity index (χ4n) is 1.60. The first-order valence-electron chi connectivity index (χ1n) is 6.05. The van der Waals surface area contributed by atoms with E-state index in [4.69, 9.17) is 14.2 Å². The molecule has 0 spiro atoms. The molecule has 0 aliphatic carbocycles. The lowest BCUT2D eigenvalue weighted by Crippen LogP contribution is -2.22. The fourth-order valence-corrected chi connectivity index (χ4v) is 1.76. The highest BCUT2D eigenvalue weighted by Crippen LogP contribution is 2.41. The van der Waals surface area contributed by atoms with Crippen LogP contribution in [0, 0.1) is 5.92 Å². The van der Waals surface area contributed by atoms with Crippen LogP contribution in [0.2, 0.25) is 0 Å². The zero-order chi connectivity index (χ0) is 14.7. The van der Waals surface area contributed by atoms with Crippen LogP contribution in [0.4, 0.5) is 5.69 Å². The summed E-state index contributed by atoms with van der Waals surface area (Å²) in [6.07, 6.45) is 0.